The molecule has 0 N–H and O–H groups in total. The van der Waals surface area contributed by atoms with Gasteiger partial charge in [0.05, 0.1) is 5.02 Å². The molecule has 0 radical (unpaired) electrons. The van der Waals surface area contributed by atoms with Crippen LogP contribution in [0.3, 0.4) is 0 Å². The number of halogens is 5. The highest BCUT2D eigenvalue weighted by Gasteiger charge is 2.21. The Morgan fingerprint density at radius 2 is 1.88 bits per heavy atom. The van der Waals surface area contributed by atoms with E-state index in [9.17, 15) is 22.4 Å². The first-order valence-electron chi connectivity index (χ1n) is 4.40. The lowest BCUT2D eigenvalue weighted by molar-refractivity contribution is -0.0500. The third-order valence-electron chi connectivity index (χ3n) is 1.91. The maximum absolute atomic E-state index is 12.6. The zero-order valence-corrected chi connectivity index (χ0v) is 9.27. The summed E-state index contributed by atoms with van der Waals surface area (Å²) < 4.78 is 53.1. The third kappa shape index (κ3) is 3.33. The van der Waals surface area contributed by atoms with Crippen LogP contribution in [0, 0.1) is 0 Å². The first-order chi connectivity index (χ1) is 7.82. The lowest BCUT2D eigenvalue weighted by Gasteiger charge is -2.11. The smallest absolute Gasteiger partial charge is 0.387 e. The summed E-state index contributed by atoms with van der Waals surface area (Å²) in [6, 6.07) is 1.58. The van der Waals surface area contributed by atoms with Crippen molar-refractivity contribution in [1.29, 1.82) is 0 Å². The van der Waals surface area contributed by atoms with Gasteiger partial charge in [-0.3, -0.25) is 4.79 Å². The second-order valence-electron chi connectivity index (χ2n) is 3.10. The van der Waals surface area contributed by atoms with Gasteiger partial charge in [-0.1, -0.05) is 11.6 Å². The minimum atomic E-state index is -3.15. The number of carbonyl (C=O) groups is 1. The summed E-state index contributed by atoms with van der Waals surface area (Å²) >= 11 is 5.58. The molecule has 0 atom stereocenters. The van der Waals surface area contributed by atoms with E-state index in [0.29, 0.717) is 6.07 Å². The van der Waals surface area contributed by atoms with Gasteiger partial charge in [0.15, 0.2) is 5.78 Å². The number of alkyl halides is 4. The summed E-state index contributed by atoms with van der Waals surface area (Å²) in [6.07, 6.45) is -3.01. The number of Topliss-reactive ketones (excluding diaryl/α,β-unsaturated/α-hetero) is 1. The van der Waals surface area contributed by atoms with E-state index in [2.05, 4.69) is 4.74 Å². The average molecular weight is 271 g/mol. The number of ketones is 1. The molecule has 0 aliphatic carbocycles. The lowest BCUT2D eigenvalue weighted by atomic mass is 10.0. The van der Waals surface area contributed by atoms with E-state index in [-0.39, 0.29) is 10.6 Å². The monoisotopic (exact) mass is 270 g/mol. The van der Waals surface area contributed by atoms with Crippen molar-refractivity contribution in [1.82, 2.24) is 0 Å². The van der Waals surface area contributed by atoms with Gasteiger partial charge < -0.3 is 4.74 Å². The minimum Gasteiger partial charge on any atom is -0.435 e. The standard InChI is InChI=1S/C10H7ClF4O2/c1-4(16)8-6(9(12)13)2-5(3-7(8)11)17-10(14)15/h2-3,9-10H,1H3. The molecule has 0 aromatic heterocycles. The molecule has 17 heavy (non-hydrogen) atoms. The quantitative estimate of drug-likeness (QED) is 0.609. The molecule has 0 saturated carbocycles. The van der Waals surface area contributed by atoms with Crippen molar-refractivity contribution >= 4 is 17.4 Å². The van der Waals surface area contributed by atoms with Crippen LogP contribution in [0.4, 0.5) is 17.6 Å². The van der Waals surface area contributed by atoms with E-state index in [1.807, 2.05) is 0 Å². The van der Waals surface area contributed by atoms with Gasteiger partial charge in [0.25, 0.3) is 6.43 Å². The SMILES string of the molecule is CC(=O)c1c(Cl)cc(OC(F)F)cc1C(F)F. The van der Waals surface area contributed by atoms with E-state index in [0.717, 1.165) is 13.0 Å². The molecular weight excluding hydrogens is 264 g/mol. The topological polar surface area (TPSA) is 26.3 Å². The summed E-state index contributed by atoms with van der Waals surface area (Å²) in [7, 11) is 0. The van der Waals surface area contributed by atoms with Gasteiger partial charge in [-0.15, -0.1) is 0 Å². The van der Waals surface area contributed by atoms with Crippen molar-refractivity contribution in [2.24, 2.45) is 0 Å². The molecule has 1 rings (SSSR count). The van der Waals surface area contributed by atoms with Crippen LogP contribution in [-0.2, 0) is 0 Å². The van der Waals surface area contributed by atoms with Crippen molar-refractivity contribution in [3.05, 3.63) is 28.3 Å². The Balaban J connectivity index is 3.31. The number of carbonyl (C=O) groups excluding carboxylic acids is 1. The Labute approximate surface area is 99.1 Å². The van der Waals surface area contributed by atoms with Crippen LogP contribution in [0.15, 0.2) is 12.1 Å². The normalized spacial score (nSPS) is 11.1. The molecule has 0 heterocycles. The van der Waals surface area contributed by atoms with Crippen molar-refractivity contribution < 1.29 is 27.1 Å². The maximum atomic E-state index is 12.6. The number of rotatable bonds is 4. The molecule has 7 heteroatoms. The minimum absolute atomic E-state index is 0.342. The highest BCUT2D eigenvalue weighted by molar-refractivity contribution is 6.34. The van der Waals surface area contributed by atoms with Crippen LogP contribution in [0.1, 0.15) is 29.3 Å². The van der Waals surface area contributed by atoms with Gasteiger partial charge in [-0.25, -0.2) is 8.78 Å². The fourth-order valence-electron chi connectivity index (χ4n) is 1.32. The second-order valence-corrected chi connectivity index (χ2v) is 3.51. The Morgan fingerprint density at radius 3 is 2.29 bits per heavy atom. The van der Waals surface area contributed by atoms with E-state index in [4.69, 9.17) is 11.6 Å². The number of ether oxygens (including phenoxy) is 1. The molecule has 1 aromatic rings. The first kappa shape index (κ1) is 13.8. The molecule has 94 valence electrons. The van der Waals surface area contributed by atoms with Gasteiger partial charge in [-0.05, 0) is 19.1 Å². The molecule has 2 nitrogen and oxygen atoms in total. The van der Waals surface area contributed by atoms with Crippen LogP contribution in [0.5, 0.6) is 5.75 Å². The summed E-state index contributed by atoms with van der Waals surface area (Å²) in [5.41, 5.74) is -1.11. The van der Waals surface area contributed by atoms with Gasteiger partial charge in [0.1, 0.15) is 5.75 Å². The van der Waals surface area contributed by atoms with Crippen molar-refractivity contribution in [3.8, 4) is 5.75 Å². The van der Waals surface area contributed by atoms with Crippen LogP contribution in [0.25, 0.3) is 0 Å². The number of hydrogen-bond donors (Lipinski definition) is 0. The fraction of sp³-hybridized carbons (Fsp3) is 0.300. The zero-order chi connectivity index (χ0) is 13.2. The van der Waals surface area contributed by atoms with Gasteiger partial charge in [-0.2, -0.15) is 8.78 Å². The number of benzene rings is 1. The molecule has 1 aromatic carbocycles. The summed E-state index contributed by atoms with van der Waals surface area (Å²) in [4.78, 5) is 11.1. The molecule has 0 unspecified atom stereocenters. The highest BCUT2D eigenvalue weighted by Crippen LogP contribution is 2.33. The largest absolute Gasteiger partial charge is 0.435 e. The first-order valence-corrected chi connectivity index (χ1v) is 4.78. The molecule has 0 saturated heterocycles. The molecule has 0 aliphatic heterocycles. The van der Waals surface area contributed by atoms with Crippen LogP contribution >= 0.6 is 11.6 Å². The van der Waals surface area contributed by atoms with Crippen LogP contribution < -0.4 is 4.74 Å². The Kier molecular flexibility index (Phi) is 4.34. The molecule has 0 amide bonds. The maximum Gasteiger partial charge on any atom is 0.387 e. The van der Waals surface area contributed by atoms with Crippen molar-refractivity contribution in [2.45, 2.75) is 20.0 Å². The molecule has 0 aliphatic rings. The van der Waals surface area contributed by atoms with E-state index in [1.54, 1.807) is 0 Å². The predicted octanol–water partition coefficient (Wildman–Crippen LogP) is 4.08. The van der Waals surface area contributed by atoms with E-state index >= 15 is 0 Å². The number of hydrogen-bond acceptors (Lipinski definition) is 2. The molecule has 0 bridgehead atoms. The van der Waals surface area contributed by atoms with Crippen LogP contribution in [-0.4, -0.2) is 12.4 Å². The summed E-state index contributed by atoms with van der Waals surface area (Å²) in [5, 5.41) is -0.342. The molecular formula is C10H7ClF4O2. The van der Waals surface area contributed by atoms with Gasteiger partial charge in [0, 0.05) is 11.1 Å². The second kappa shape index (κ2) is 5.35. The predicted molar refractivity (Wildman–Crippen MR) is 53.0 cm³/mol. The highest BCUT2D eigenvalue weighted by atomic mass is 35.5. The lowest BCUT2D eigenvalue weighted by Crippen LogP contribution is -2.06. The van der Waals surface area contributed by atoms with E-state index < -0.39 is 30.1 Å². The van der Waals surface area contributed by atoms with E-state index in [1.165, 1.54) is 0 Å². The Bertz CT molecular complexity index is 435. The average Bonchev–Trinajstić information content (AvgIpc) is 2.14. The van der Waals surface area contributed by atoms with Crippen LogP contribution in [0.2, 0.25) is 5.02 Å². The fourth-order valence-corrected chi connectivity index (χ4v) is 1.67. The van der Waals surface area contributed by atoms with Gasteiger partial charge >= 0.3 is 6.61 Å². The van der Waals surface area contributed by atoms with Gasteiger partial charge in [0.2, 0.25) is 0 Å². The third-order valence-corrected chi connectivity index (χ3v) is 2.20. The zero-order valence-electron chi connectivity index (χ0n) is 8.52. The Morgan fingerprint density at radius 1 is 1.29 bits per heavy atom. The van der Waals surface area contributed by atoms with Crippen molar-refractivity contribution in [3.63, 3.8) is 0 Å². The summed E-state index contributed by atoms with van der Waals surface area (Å²) in [5.74, 6) is -1.18. The Hall–Kier alpha value is -1.30. The molecule has 0 spiro atoms. The summed E-state index contributed by atoms with van der Waals surface area (Å²) in [6.45, 7) is -2.10. The van der Waals surface area contributed by atoms with Crippen molar-refractivity contribution in [2.75, 3.05) is 0 Å². The molecule has 0 fully saturated rings.